The molecule has 0 amide bonds. The molecule has 0 saturated heterocycles. The maximum Gasteiger partial charge on any atom is 0.0640 e. The number of anilines is 6. The van der Waals surface area contributed by atoms with Gasteiger partial charge in [0.2, 0.25) is 0 Å². The molecule has 0 fully saturated rings. The van der Waals surface area contributed by atoms with Crippen molar-refractivity contribution in [1.82, 2.24) is 0 Å². The molecule has 0 aliphatic heterocycles. The molecule has 2 heterocycles. The zero-order chi connectivity index (χ0) is 48.7. The Morgan fingerprint density at radius 1 is 0.216 bits per heavy atom. The summed E-state index contributed by atoms with van der Waals surface area (Å²) in [5.41, 5.74) is 11.6. The summed E-state index contributed by atoms with van der Waals surface area (Å²) < 4.78 is 5.15. The normalized spacial score (nSPS) is 11.8. The molecule has 13 aromatic carbocycles. The van der Waals surface area contributed by atoms with Crippen LogP contribution in [-0.4, -0.2) is 0 Å². The van der Waals surface area contributed by atoms with Crippen molar-refractivity contribution in [3.05, 3.63) is 267 Å². The van der Waals surface area contributed by atoms with Crippen molar-refractivity contribution in [2.75, 3.05) is 9.80 Å². The lowest BCUT2D eigenvalue weighted by molar-refractivity contribution is 1.32. The third-order valence-electron chi connectivity index (χ3n) is 15.0. The number of thiophene rings is 2. The topological polar surface area (TPSA) is 6.48 Å². The number of nitrogens with zero attached hydrogens (tertiary/aromatic N) is 2. The van der Waals surface area contributed by atoms with Gasteiger partial charge in [-0.3, -0.25) is 0 Å². The van der Waals surface area contributed by atoms with Gasteiger partial charge in [0.15, 0.2) is 0 Å². The van der Waals surface area contributed by atoms with Gasteiger partial charge in [-0.2, -0.15) is 0 Å². The van der Waals surface area contributed by atoms with Gasteiger partial charge in [0.1, 0.15) is 0 Å². The van der Waals surface area contributed by atoms with Crippen LogP contribution in [0.5, 0.6) is 0 Å². The minimum atomic E-state index is 1.12. The van der Waals surface area contributed by atoms with Gasteiger partial charge >= 0.3 is 0 Å². The highest BCUT2D eigenvalue weighted by Gasteiger charge is 2.23. The van der Waals surface area contributed by atoms with E-state index in [-0.39, 0.29) is 0 Å². The predicted molar refractivity (Wildman–Crippen MR) is 322 cm³/mol. The van der Waals surface area contributed by atoms with Crippen molar-refractivity contribution in [3.63, 3.8) is 0 Å². The van der Waals surface area contributed by atoms with Gasteiger partial charge in [-0.15, -0.1) is 22.7 Å². The summed E-state index contributed by atoms with van der Waals surface area (Å²) in [7, 11) is 0. The maximum absolute atomic E-state index is 2.48. The van der Waals surface area contributed by atoms with Crippen LogP contribution in [0.3, 0.4) is 0 Å². The average Bonchev–Trinajstić information content (AvgIpc) is 4.06. The van der Waals surface area contributed by atoms with Crippen LogP contribution >= 0.6 is 22.7 Å². The van der Waals surface area contributed by atoms with Crippen molar-refractivity contribution < 1.29 is 0 Å². The van der Waals surface area contributed by atoms with E-state index < -0.39 is 0 Å². The van der Waals surface area contributed by atoms with Gasteiger partial charge in [0, 0.05) is 53.1 Å². The Kier molecular flexibility index (Phi) is 9.97. The van der Waals surface area contributed by atoms with Crippen LogP contribution in [0, 0.1) is 0 Å². The molecule has 0 unspecified atom stereocenters. The fourth-order valence-electron chi connectivity index (χ4n) is 11.5. The van der Waals surface area contributed by atoms with Gasteiger partial charge in [0.05, 0.1) is 32.1 Å². The highest BCUT2D eigenvalue weighted by Crippen LogP contribution is 2.50. The first-order valence-electron chi connectivity index (χ1n) is 25.2. The van der Waals surface area contributed by atoms with E-state index in [2.05, 4.69) is 277 Å². The molecule has 0 atom stereocenters. The summed E-state index contributed by atoms with van der Waals surface area (Å²) in [6.45, 7) is 0. The highest BCUT2D eigenvalue weighted by molar-refractivity contribution is 7.26. The zero-order valence-electron chi connectivity index (χ0n) is 40.1. The summed E-state index contributed by atoms with van der Waals surface area (Å²) in [6.07, 6.45) is 0. The second-order valence-electron chi connectivity index (χ2n) is 19.2. The lowest BCUT2D eigenvalue weighted by Crippen LogP contribution is -2.11. The number of hydrogen-bond donors (Lipinski definition) is 0. The first kappa shape index (κ1) is 42.6. The van der Waals surface area contributed by atoms with Crippen molar-refractivity contribution in [1.29, 1.82) is 0 Å². The van der Waals surface area contributed by atoms with E-state index in [4.69, 9.17) is 0 Å². The van der Waals surface area contributed by atoms with Crippen LogP contribution < -0.4 is 9.80 Å². The molecule has 15 aromatic rings. The van der Waals surface area contributed by atoms with E-state index >= 15 is 0 Å². The smallest absolute Gasteiger partial charge is 0.0640 e. The zero-order valence-corrected chi connectivity index (χ0v) is 41.7. The first-order valence-corrected chi connectivity index (χ1v) is 26.9. The van der Waals surface area contributed by atoms with Gasteiger partial charge in [-0.1, -0.05) is 206 Å². The molecule has 15 rings (SSSR count). The lowest BCUT2D eigenvalue weighted by Gasteiger charge is -2.28. The first-order chi connectivity index (χ1) is 36.7. The largest absolute Gasteiger partial charge is 0.308 e. The molecule has 346 valence electrons. The van der Waals surface area contributed by atoms with Crippen LogP contribution in [0.1, 0.15) is 0 Å². The fraction of sp³-hybridized carbons (Fsp3) is 0. The predicted octanol–water partition coefficient (Wildman–Crippen LogP) is 21.3. The molecule has 0 bridgehead atoms. The van der Waals surface area contributed by atoms with Gasteiger partial charge in [-0.05, 0) is 115 Å². The van der Waals surface area contributed by atoms with Crippen LogP contribution in [0.15, 0.2) is 267 Å². The molecule has 0 N–H and O–H groups in total. The lowest BCUT2D eigenvalue weighted by atomic mass is 9.97. The van der Waals surface area contributed by atoms with E-state index in [1.807, 2.05) is 22.7 Å². The Balaban J connectivity index is 0.801. The molecule has 0 spiro atoms. The number of fused-ring (bicyclic) bond motifs is 12. The SMILES string of the molecule is c1ccc2c(c1)cc(N(c1ccc(-c3ccc(-c4ccc(N(c5cc6ccccc6c6ccccc56)c5cccc6c5sc5ccccc56)cc4)cc3)cc1)c1cccc3c1sc1ccccc13)c1ccccc12. The van der Waals surface area contributed by atoms with Crippen LogP contribution in [0.4, 0.5) is 34.1 Å². The third kappa shape index (κ3) is 6.91. The van der Waals surface area contributed by atoms with E-state index in [1.54, 1.807) is 0 Å². The molecule has 4 heteroatoms. The fourth-order valence-corrected chi connectivity index (χ4v) is 13.9. The monoisotopic (exact) mass is 976 g/mol. The Morgan fingerprint density at radius 2 is 0.527 bits per heavy atom. The average molecular weight is 977 g/mol. The molecule has 0 aliphatic rings. The number of rotatable bonds is 8. The molecule has 0 aliphatic carbocycles. The van der Waals surface area contributed by atoms with Crippen molar-refractivity contribution >= 4 is 140 Å². The van der Waals surface area contributed by atoms with Crippen molar-refractivity contribution in [3.8, 4) is 22.3 Å². The van der Waals surface area contributed by atoms with Crippen molar-refractivity contribution in [2.24, 2.45) is 0 Å². The number of hydrogen-bond acceptors (Lipinski definition) is 4. The molecule has 2 nitrogen and oxygen atoms in total. The second-order valence-corrected chi connectivity index (χ2v) is 21.3. The highest BCUT2D eigenvalue weighted by atomic mass is 32.1. The molecular formula is C70H44N2S2. The molecule has 74 heavy (non-hydrogen) atoms. The summed E-state index contributed by atoms with van der Waals surface area (Å²) in [5, 5.41) is 15.1. The quantitative estimate of drug-likeness (QED) is 0.140. The van der Waals surface area contributed by atoms with Crippen molar-refractivity contribution in [2.45, 2.75) is 0 Å². The van der Waals surface area contributed by atoms with E-state index in [0.29, 0.717) is 0 Å². The number of benzene rings is 13. The molecular weight excluding hydrogens is 933 g/mol. The third-order valence-corrected chi connectivity index (χ3v) is 17.4. The van der Waals surface area contributed by atoms with Crippen LogP contribution in [0.25, 0.3) is 106 Å². The summed E-state index contributed by atoms with van der Waals surface area (Å²) in [5.74, 6) is 0. The van der Waals surface area contributed by atoms with E-state index in [9.17, 15) is 0 Å². The Bertz CT molecular complexity index is 4360. The molecule has 2 aromatic heterocycles. The van der Waals surface area contributed by atoms with Crippen LogP contribution in [0.2, 0.25) is 0 Å². The second kappa shape index (κ2) is 17.3. The summed E-state index contributed by atoms with van der Waals surface area (Å²) in [4.78, 5) is 4.96. The minimum absolute atomic E-state index is 1.12. The van der Waals surface area contributed by atoms with E-state index in [1.165, 1.54) is 128 Å². The van der Waals surface area contributed by atoms with E-state index in [0.717, 1.165) is 11.4 Å². The van der Waals surface area contributed by atoms with Gasteiger partial charge in [0.25, 0.3) is 0 Å². The Morgan fingerprint density at radius 3 is 0.932 bits per heavy atom. The van der Waals surface area contributed by atoms with Gasteiger partial charge in [-0.25, -0.2) is 0 Å². The standard InChI is InChI=1S/C70H44N2S2/c1-3-17-53-49(15-1)43-65(57-21-7-5-19-55(53)57)71(63-27-13-25-61-59-23-9-11-29-67(59)73-69(61)63)51-39-35-47(36-40-51)45-31-33-46(34-32-45)48-37-41-52(42-38-48)72(64-28-14-26-62-60-24-10-12-30-68(60)74-70(62)64)66-44-50-16-2-4-18-54(50)56-20-6-8-22-58(56)66/h1-44H. The Labute approximate surface area is 436 Å². The summed E-state index contributed by atoms with van der Waals surface area (Å²) >= 11 is 3.74. The molecule has 0 radical (unpaired) electrons. The maximum atomic E-state index is 2.48. The van der Waals surface area contributed by atoms with Crippen LogP contribution in [-0.2, 0) is 0 Å². The minimum Gasteiger partial charge on any atom is -0.308 e. The van der Waals surface area contributed by atoms with Gasteiger partial charge < -0.3 is 9.80 Å². The Hall–Kier alpha value is -9.06. The molecule has 0 saturated carbocycles. The summed E-state index contributed by atoms with van der Waals surface area (Å²) in [6, 6.07) is 98.4.